The van der Waals surface area contributed by atoms with E-state index in [2.05, 4.69) is 16.7 Å². The Balaban J connectivity index is 1.66. The average molecular weight is 214 g/mol. The molecule has 2 fully saturated rings. The highest BCUT2D eigenvalue weighted by Gasteiger charge is 2.29. The first-order valence-electron chi connectivity index (χ1n) is 5.99. The molecule has 4 nitrogen and oxygen atoms in total. The van der Waals surface area contributed by atoms with Crippen molar-refractivity contribution in [1.29, 1.82) is 0 Å². The second-order valence-corrected chi connectivity index (χ2v) is 4.65. The minimum absolute atomic E-state index is 0.336. The Morgan fingerprint density at radius 2 is 2.07 bits per heavy atom. The standard InChI is InChI=1S/C11H22N2O2/c1-2-12-3-4-15-11(7-12)8-13-5-10(6-13)9-14/h10-11,14H,2-9H2,1H3. The molecule has 0 aromatic heterocycles. The molecule has 0 amide bonds. The van der Waals surface area contributed by atoms with Gasteiger partial charge in [-0.2, -0.15) is 0 Å². The highest BCUT2D eigenvalue weighted by Crippen LogP contribution is 2.16. The van der Waals surface area contributed by atoms with Gasteiger partial charge >= 0.3 is 0 Å². The van der Waals surface area contributed by atoms with Gasteiger partial charge in [-0.05, 0) is 6.54 Å². The van der Waals surface area contributed by atoms with Crippen LogP contribution in [0.5, 0.6) is 0 Å². The van der Waals surface area contributed by atoms with Gasteiger partial charge in [0.1, 0.15) is 0 Å². The van der Waals surface area contributed by atoms with Crippen molar-refractivity contribution >= 4 is 0 Å². The molecule has 2 heterocycles. The summed E-state index contributed by atoms with van der Waals surface area (Å²) >= 11 is 0. The lowest BCUT2D eigenvalue weighted by atomic mass is 10.0. The van der Waals surface area contributed by atoms with Crippen molar-refractivity contribution < 1.29 is 9.84 Å². The molecule has 1 unspecified atom stereocenters. The van der Waals surface area contributed by atoms with Crippen molar-refractivity contribution in [3.63, 3.8) is 0 Å². The van der Waals surface area contributed by atoms with E-state index in [4.69, 9.17) is 9.84 Å². The van der Waals surface area contributed by atoms with E-state index in [1.165, 1.54) is 0 Å². The predicted molar refractivity (Wildman–Crippen MR) is 58.9 cm³/mol. The Hall–Kier alpha value is -0.160. The molecule has 15 heavy (non-hydrogen) atoms. The van der Waals surface area contributed by atoms with Crippen molar-refractivity contribution in [2.45, 2.75) is 13.0 Å². The highest BCUT2D eigenvalue weighted by atomic mass is 16.5. The second-order valence-electron chi connectivity index (χ2n) is 4.65. The molecule has 88 valence electrons. The monoisotopic (exact) mass is 214 g/mol. The van der Waals surface area contributed by atoms with Crippen LogP contribution in [0.1, 0.15) is 6.92 Å². The van der Waals surface area contributed by atoms with Crippen LogP contribution in [0, 0.1) is 5.92 Å². The molecule has 0 aliphatic carbocycles. The summed E-state index contributed by atoms with van der Waals surface area (Å²) in [5, 5.41) is 8.92. The van der Waals surface area contributed by atoms with Gasteiger partial charge in [-0.25, -0.2) is 0 Å². The Morgan fingerprint density at radius 1 is 1.27 bits per heavy atom. The maximum absolute atomic E-state index is 8.92. The molecule has 2 saturated heterocycles. The van der Waals surface area contributed by atoms with E-state index in [0.29, 0.717) is 18.6 Å². The van der Waals surface area contributed by atoms with Crippen molar-refractivity contribution in [3.05, 3.63) is 0 Å². The summed E-state index contributed by atoms with van der Waals surface area (Å²) in [6.45, 7) is 9.80. The molecule has 0 radical (unpaired) electrons. The normalized spacial score (nSPS) is 30.4. The summed E-state index contributed by atoms with van der Waals surface area (Å²) in [5.41, 5.74) is 0. The molecule has 0 spiro atoms. The van der Waals surface area contributed by atoms with E-state index in [-0.39, 0.29) is 0 Å². The third kappa shape index (κ3) is 2.91. The van der Waals surface area contributed by atoms with Gasteiger partial charge in [0.25, 0.3) is 0 Å². The molecule has 0 aromatic carbocycles. The molecule has 2 rings (SSSR count). The third-order valence-electron chi connectivity index (χ3n) is 3.42. The number of hydrogen-bond donors (Lipinski definition) is 1. The number of ether oxygens (including phenoxy) is 1. The van der Waals surface area contributed by atoms with Crippen LogP contribution in [-0.4, -0.2) is 73.5 Å². The van der Waals surface area contributed by atoms with E-state index >= 15 is 0 Å². The molecule has 1 atom stereocenters. The van der Waals surface area contributed by atoms with Crippen molar-refractivity contribution in [1.82, 2.24) is 9.80 Å². The second kappa shape index (κ2) is 5.25. The van der Waals surface area contributed by atoms with Crippen LogP contribution < -0.4 is 0 Å². The molecular weight excluding hydrogens is 192 g/mol. The summed E-state index contributed by atoms with van der Waals surface area (Å²) in [5.74, 6) is 0.510. The highest BCUT2D eigenvalue weighted by molar-refractivity contribution is 4.83. The van der Waals surface area contributed by atoms with Crippen LogP contribution in [-0.2, 0) is 4.74 Å². The summed E-state index contributed by atoms with van der Waals surface area (Å²) < 4.78 is 5.74. The van der Waals surface area contributed by atoms with E-state index in [1.807, 2.05) is 0 Å². The number of aliphatic hydroxyl groups is 1. The number of rotatable bonds is 4. The van der Waals surface area contributed by atoms with Crippen LogP contribution >= 0.6 is 0 Å². The van der Waals surface area contributed by atoms with Gasteiger partial charge < -0.3 is 9.84 Å². The lowest BCUT2D eigenvalue weighted by molar-refractivity contribution is -0.0620. The predicted octanol–water partition coefficient (Wildman–Crippen LogP) is -0.369. The number of morpholine rings is 1. The van der Waals surface area contributed by atoms with Crippen molar-refractivity contribution in [3.8, 4) is 0 Å². The van der Waals surface area contributed by atoms with Crippen LogP contribution in [0.4, 0.5) is 0 Å². The Morgan fingerprint density at radius 3 is 2.73 bits per heavy atom. The molecule has 1 N–H and O–H groups in total. The van der Waals surface area contributed by atoms with Crippen LogP contribution in [0.15, 0.2) is 0 Å². The average Bonchev–Trinajstić information content (AvgIpc) is 2.23. The first kappa shape index (κ1) is 11.3. The summed E-state index contributed by atoms with van der Waals surface area (Å²) in [4.78, 5) is 4.82. The Labute approximate surface area is 91.8 Å². The zero-order chi connectivity index (χ0) is 10.7. The van der Waals surface area contributed by atoms with Gasteiger partial charge in [-0.3, -0.25) is 9.80 Å². The van der Waals surface area contributed by atoms with Gasteiger partial charge in [0.05, 0.1) is 12.7 Å². The fourth-order valence-corrected chi connectivity index (χ4v) is 2.41. The third-order valence-corrected chi connectivity index (χ3v) is 3.42. The van der Waals surface area contributed by atoms with Gasteiger partial charge in [-0.15, -0.1) is 0 Å². The Bertz CT molecular complexity index is 195. The first-order valence-corrected chi connectivity index (χ1v) is 5.99. The van der Waals surface area contributed by atoms with Crippen molar-refractivity contribution in [2.24, 2.45) is 5.92 Å². The quantitative estimate of drug-likeness (QED) is 0.693. The molecular formula is C11H22N2O2. The fraction of sp³-hybridized carbons (Fsp3) is 1.00. The lowest BCUT2D eigenvalue weighted by Gasteiger charge is -2.42. The molecule has 0 saturated carbocycles. The van der Waals surface area contributed by atoms with Crippen LogP contribution in [0.2, 0.25) is 0 Å². The van der Waals surface area contributed by atoms with Gasteiger partial charge in [0.2, 0.25) is 0 Å². The first-order chi connectivity index (χ1) is 7.31. The number of aliphatic hydroxyl groups excluding tert-OH is 1. The zero-order valence-electron chi connectivity index (χ0n) is 9.56. The van der Waals surface area contributed by atoms with Gasteiger partial charge in [0, 0.05) is 45.2 Å². The molecule has 4 heteroatoms. The number of likely N-dealkylation sites (tertiary alicyclic amines) is 1. The van der Waals surface area contributed by atoms with E-state index in [9.17, 15) is 0 Å². The SMILES string of the molecule is CCN1CCOC(CN2CC(CO)C2)C1. The lowest BCUT2D eigenvalue weighted by Crippen LogP contribution is -2.54. The number of likely N-dealkylation sites (N-methyl/N-ethyl adjacent to an activating group) is 1. The summed E-state index contributed by atoms with van der Waals surface area (Å²) in [6.07, 6.45) is 0.373. The largest absolute Gasteiger partial charge is 0.396 e. The van der Waals surface area contributed by atoms with E-state index < -0.39 is 0 Å². The molecule has 0 bridgehead atoms. The number of hydrogen-bond acceptors (Lipinski definition) is 4. The Kier molecular flexibility index (Phi) is 3.97. The minimum Gasteiger partial charge on any atom is -0.396 e. The minimum atomic E-state index is 0.336. The van der Waals surface area contributed by atoms with Gasteiger partial charge in [0.15, 0.2) is 0 Å². The summed E-state index contributed by atoms with van der Waals surface area (Å²) in [7, 11) is 0. The molecule has 0 aromatic rings. The molecule has 2 aliphatic heterocycles. The fourth-order valence-electron chi connectivity index (χ4n) is 2.41. The smallest absolute Gasteiger partial charge is 0.0829 e. The van der Waals surface area contributed by atoms with E-state index in [0.717, 1.165) is 45.9 Å². The van der Waals surface area contributed by atoms with E-state index in [1.54, 1.807) is 0 Å². The maximum atomic E-state index is 8.92. The van der Waals surface area contributed by atoms with Crippen LogP contribution in [0.3, 0.4) is 0 Å². The number of nitrogens with zero attached hydrogens (tertiary/aromatic N) is 2. The van der Waals surface area contributed by atoms with Crippen LogP contribution in [0.25, 0.3) is 0 Å². The zero-order valence-corrected chi connectivity index (χ0v) is 9.56. The van der Waals surface area contributed by atoms with Gasteiger partial charge in [-0.1, -0.05) is 6.92 Å². The van der Waals surface area contributed by atoms with Crippen molar-refractivity contribution in [2.75, 3.05) is 52.5 Å². The maximum Gasteiger partial charge on any atom is 0.0829 e. The molecule has 2 aliphatic rings. The topological polar surface area (TPSA) is 35.9 Å². The summed E-state index contributed by atoms with van der Waals surface area (Å²) in [6, 6.07) is 0.